The fourth-order valence-electron chi connectivity index (χ4n) is 1.67. The highest BCUT2D eigenvalue weighted by molar-refractivity contribution is 5.92. The standard InChI is InChI=1S/C10H13N3O2/c11-10(15)7-1-2-9(12-5-7)13-4-3-8(14)6-13/h1-2,5,8,14H,3-4,6H2,(H2,11,15)/t8-/m1/s1. The number of hydrogen-bond donors (Lipinski definition) is 2. The lowest BCUT2D eigenvalue weighted by Crippen LogP contribution is -2.22. The Hall–Kier alpha value is -1.62. The van der Waals surface area contributed by atoms with E-state index in [-0.39, 0.29) is 6.10 Å². The maximum atomic E-state index is 10.8. The van der Waals surface area contributed by atoms with E-state index in [1.54, 1.807) is 12.1 Å². The summed E-state index contributed by atoms with van der Waals surface area (Å²) < 4.78 is 0. The summed E-state index contributed by atoms with van der Waals surface area (Å²) in [6.07, 6.45) is 1.95. The van der Waals surface area contributed by atoms with Gasteiger partial charge in [-0.15, -0.1) is 0 Å². The van der Waals surface area contributed by atoms with Crippen LogP contribution in [0.4, 0.5) is 5.82 Å². The van der Waals surface area contributed by atoms with E-state index in [1.165, 1.54) is 6.20 Å². The molecule has 1 saturated heterocycles. The minimum atomic E-state index is -0.476. The number of nitrogens with two attached hydrogens (primary N) is 1. The lowest BCUT2D eigenvalue weighted by Gasteiger charge is -2.16. The Labute approximate surface area is 87.5 Å². The first-order valence-electron chi connectivity index (χ1n) is 4.85. The molecule has 0 radical (unpaired) electrons. The van der Waals surface area contributed by atoms with E-state index in [4.69, 9.17) is 5.73 Å². The second-order valence-corrected chi connectivity index (χ2v) is 3.66. The number of pyridine rings is 1. The van der Waals surface area contributed by atoms with Gasteiger partial charge in [-0.25, -0.2) is 4.98 Å². The van der Waals surface area contributed by atoms with Crippen molar-refractivity contribution in [3.8, 4) is 0 Å². The highest BCUT2D eigenvalue weighted by Crippen LogP contribution is 2.17. The van der Waals surface area contributed by atoms with Gasteiger partial charge >= 0.3 is 0 Å². The molecule has 0 spiro atoms. The van der Waals surface area contributed by atoms with Gasteiger partial charge in [-0.05, 0) is 18.6 Å². The van der Waals surface area contributed by atoms with Crippen LogP contribution in [0.15, 0.2) is 18.3 Å². The van der Waals surface area contributed by atoms with Gasteiger partial charge in [0, 0.05) is 19.3 Å². The van der Waals surface area contributed by atoms with E-state index in [0.717, 1.165) is 18.8 Å². The number of β-amino-alcohol motifs (C(OH)–C–C–N with tert-alkyl or cyclic N) is 1. The van der Waals surface area contributed by atoms with Crippen LogP contribution in [0.3, 0.4) is 0 Å². The molecule has 2 rings (SSSR count). The molecular weight excluding hydrogens is 194 g/mol. The molecule has 1 aliphatic heterocycles. The Morgan fingerprint density at radius 1 is 1.60 bits per heavy atom. The van der Waals surface area contributed by atoms with Crippen molar-refractivity contribution in [2.75, 3.05) is 18.0 Å². The Balaban J connectivity index is 2.13. The molecule has 1 atom stereocenters. The first kappa shape index (κ1) is 9.92. The first-order chi connectivity index (χ1) is 7.16. The predicted molar refractivity (Wildman–Crippen MR) is 55.6 cm³/mol. The monoisotopic (exact) mass is 207 g/mol. The minimum Gasteiger partial charge on any atom is -0.391 e. The smallest absolute Gasteiger partial charge is 0.250 e. The second kappa shape index (κ2) is 3.86. The zero-order valence-corrected chi connectivity index (χ0v) is 8.26. The first-order valence-corrected chi connectivity index (χ1v) is 4.85. The van der Waals surface area contributed by atoms with Crippen LogP contribution in [-0.4, -0.2) is 35.2 Å². The number of primary amides is 1. The van der Waals surface area contributed by atoms with Gasteiger partial charge in [0.1, 0.15) is 5.82 Å². The van der Waals surface area contributed by atoms with Crippen LogP contribution >= 0.6 is 0 Å². The number of rotatable bonds is 2. The van der Waals surface area contributed by atoms with Crippen LogP contribution in [0.5, 0.6) is 0 Å². The van der Waals surface area contributed by atoms with Crippen LogP contribution in [0.1, 0.15) is 16.8 Å². The molecule has 2 heterocycles. The van der Waals surface area contributed by atoms with Gasteiger partial charge in [0.25, 0.3) is 0 Å². The zero-order chi connectivity index (χ0) is 10.8. The summed E-state index contributed by atoms with van der Waals surface area (Å²) in [4.78, 5) is 16.9. The summed E-state index contributed by atoms with van der Waals surface area (Å²) in [5.74, 6) is 0.298. The highest BCUT2D eigenvalue weighted by Gasteiger charge is 2.21. The lowest BCUT2D eigenvalue weighted by atomic mass is 10.2. The molecule has 0 aromatic carbocycles. The molecule has 1 amide bonds. The van der Waals surface area contributed by atoms with Crippen molar-refractivity contribution in [3.05, 3.63) is 23.9 Å². The number of carbonyl (C=O) groups is 1. The molecule has 80 valence electrons. The van der Waals surface area contributed by atoms with Crippen LogP contribution in [-0.2, 0) is 0 Å². The van der Waals surface area contributed by atoms with Crippen molar-refractivity contribution in [1.29, 1.82) is 0 Å². The van der Waals surface area contributed by atoms with E-state index in [0.29, 0.717) is 12.1 Å². The summed E-state index contributed by atoms with van der Waals surface area (Å²) in [5, 5.41) is 9.36. The SMILES string of the molecule is NC(=O)c1ccc(N2CC[C@@H](O)C2)nc1. The van der Waals surface area contributed by atoms with E-state index in [9.17, 15) is 9.90 Å². The van der Waals surface area contributed by atoms with E-state index >= 15 is 0 Å². The normalized spacial score (nSPS) is 20.6. The topological polar surface area (TPSA) is 79.5 Å². The van der Waals surface area contributed by atoms with Crippen LogP contribution in [0.2, 0.25) is 0 Å². The Morgan fingerprint density at radius 3 is 2.87 bits per heavy atom. The number of aliphatic hydroxyl groups excluding tert-OH is 1. The van der Waals surface area contributed by atoms with Crippen LogP contribution < -0.4 is 10.6 Å². The number of carbonyl (C=O) groups excluding carboxylic acids is 1. The van der Waals surface area contributed by atoms with E-state index < -0.39 is 5.91 Å². The van der Waals surface area contributed by atoms with Gasteiger partial charge in [-0.3, -0.25) is 4.79 Å². The third-order valence-electron chi connectivity index (χ3n) is 2.52. The van der Waals surface area contributed by atoms with Crippen molar-refractivity contribution < 1.29 is 9.90 Å². The molecule has 15 heavy (non-hydrogen) atoms. The molecule has 1 fully saturated rings. The molecule has 0 bridgehead atoms. The zero-order valence-electron chi connectivity index (χ0n) is 8.26. The number of amides is 1. The molecule has 1 aromatic heterocycles. The number of aromatic nitrogens is 1. The summed E-state index contributed by atoms with van der Waals surface area (Å²) >= 11 is 0. The fraction of sp³-hybridized carbons (Fsp3) is 0.400. The molecule has 5 heteroatoms. The van der Waals surface area contributed by atoms with Crippen molar-refractivity contribution in [1.82, 2.24) is 4.98 Å². The van der Waals surface area contributed by atoms with E-state index in [1.807, 2.05) is 4.90 Å². The maximum absolute atomic E-state index is 10.8. The third kappa shape index (κ3) is 2.07. The van der Waals surface area contributed by atoms with Gasteiger partial charge in [-0.1, -0.05) is 0 Å². The van der Waals surface area contributed by atoms with Crippen molar-refractivity contribution in [3.63, 3.8) is 0 Å². The fourth-order valence-corrected chi connectivity index (χ4v) is 1.67. The molecule has 3 N–H and O–H groups in total. The number of aliphatic hydroxyl groups is 1. The summed E-state index contributed by atoms with van der Waals surface area (Å²) in [5.41, 5.74) is 5.51. The van der Waals surface area contributed by atoms with Gasteiger partial charge in [-0.2, -0.15) is 0 Å². The Morgan fingerprint density at radius 2 is 2.40 bits per heavy atom. The average molecular weight is 207 g/mol. The Kier molecular flexibility index (Phi) is 2.55. The highest BCUT2D eigenvalue weighted by atomic mass is 16.3. The van der Waals surface area contributed by atoms with Gasteiger partial charge in [0.2, 0.25) is 5.91 Å². The lowest BCUT2D eigenvalue weighted by molar-refractivity contribution is 0.1000. The molecular formula is C10H13N3O2. The summed E-state index contributed by atoms with van der Waals surface area (Å²) in [7, 11) is 0. The quantitative estimate of drug-likeness (QED) is 0.701. The third-order valence-corrected chi connectivity index (χ3v) is 2.52. The molecule has 0 saturated carbocycles. The number of hydrogen-bond acceptors (Lipinski definition) is 4. The molecule has 1 aliphatic rings. The summed E-state index contributed by atoms with van der Waals surface area (Å²) in [6, 6.07) is 3.40. The largest absolute Gasteiger partial charge is 0.391 e. The maximum Gasteiger partial charge on any atom is 0.250 e. The van der Waals surface area contributed by atoms with Crippen LogP contribution in [0, 0.1) is 0 Å². The average Bonchev–Trinajstić information content (AvgIpc) is 2.65. The van der Waals surface area contributed by atoms with Crippen LogP contribution in [0.25, 0.3) is 0 Å². The van der Waals surface area contributed by atoms with E-state index in [2.05, 4.69) is 4.98 Å². The van der Waals surface area contributed by atoms with Gasteiger partial charge in [0.15, 0.2) is 0 Å². The van der Waals surface area contributed by atoms with Gasteiger partial charge in [0.05, 0.1) is 11.7 Å². The van der Waals surface area contributed by atoms with Crippen molar-refractivity contribution in [2.45, 2.75) is 12.5 Å². The minimum absolute atomic E-state index is 0.275. The summed E-state index contributed by atoms with van der Waals surface area (Å²) in [6.45, 7) is 1.40. The number of nitrogens with zero attached hydrogens (tertiary/aromatic N) is 2. The predicted octanol–water partition coefficient (Wildman–Crippen LogP) is -0.249. The number of anilines is 1. The molecule has 1 aromatic rings. The second-order valence-electron chi connectivity index (χ2n) is 3.66. The molecule has 0 aliphatic carbocycles. The molecule has 5 nitrogen and oxygen atoms in total. The van der Waals surface area contributed by atoms with Gasteiger partial charge < -0.3 is 15.7 Å². The van der Waals surface area contributed by atoms with Crippen molar-refractivity contribution in [2.24, 2.45) is 5.73 Å². The van der Waals surface area contributed by atoms with Crippen molar-refractivity contribution >= 4 is 11.7 Å². The Bertz CT molecular complexity index is 363. The molecule has 0 unspecified atom stereocenters.